The number of nitrogens with one attached hydrogen (secondary N) is 1. The highest BCUT2D eigenvalue weighted by Crippen LogP contribution is 2.61. The van der Waals surface area contributed by atoms with Crippen LogP contribution in [-0.2, 0) is 0 Å². The van der Waals surface area contributed by atoms with Gasteiger partial charge in [-0.05, 0) is 68.1 Å². The minimum absolute atomic E-state index is 0.167. The Morgan fingerprint density at radius 3 is 2.74 bits per heavy atom. The fourth-order valence-corrected chi connectivity index (χ4v) is 6.04. The molecule has 0 radical (unpaired) electrons. The van der Waals surface area contributed by atoms with Gasteiger partial charge in [0.25, 0.3) is 0 Å². The monoisotopic (exact) mass is 316 g/mol. The Morgan fingerprint density at radius 2 is 2.09 bits per heavy atom. The lowest BCUT2D eigenvalue weighted by Crippen LogP contribution is -2.62. The van der Waals surface area contributed by atoms with Gasteiger partial charge in [0, 0.05) is 5.54 Å². The number of carbonyl (C=O) groups is 1. The van der Waals surface area contributed by atoms with E-state index in [1.807, 2.05) is 0 Å². The number of nitrogens with two attached hydrogens (primary N) is 1. The van der Waals surface area contributed by atoms with Gasteiger partial charge in [-0.3, -0.25) is 0 Å². The maximum Gasteiger partial charge on any atom is 0.312 e. The first-order valence-corrected chi connectivity index (χ1v) is 9.13. The van der Waals surface area contributed by atoms with Crippen LogP contribution in [0, 0.1) is 22.7 Å². The van der Waals surface area contributed by atoms with E-state index in [2.05, 4.69) is 44.8 Å². The van der Waals surface area contributed by atoms with Crippen molar-refractivity contribution in [3.05, 3.63) is 24.3 Å². The fourth-order valence-electron chi connectivity index (χ4n) is 6.04. The number of amides is 2. The number of hydrogen-bond acceptors (Lipinski definition) is 1. The molecule has 0 saturated heterocycles. The van der Waals surface area contributed by atoms with Crippen molar-refractivity contribution in [2.24, 2.45) is 28.4 Å². The summed E-state index contributed by atoms with van der Waals surface area (Å²) >= 11 is 0. The molecule has 23 heavy (non-hydrogen) atoms. The largest absolute Gasteiger partial charge is 0.352 e. The topological polar surface area (TPSA) is 55.1 Å². The molecule has 3 aliphatic rings. The Morgan fingerprint density at radius 1 is 1.35 bits per heavy atom. The van der Waals surface area contributed by atoms with Gasteiger partial charge in [-0.25, -0.2) is 4.79 Å². The first kappa shape index (κ1) is 16.6. The number of rotatable bonds is 2. The quantitative estimate of drug-likeness (QED) is 0.722. The highest BCUT2D eigenvalue weighted by Gasteiger charge is 2.55. The van der Waals surface area contributed by atoms with Gasteiger partial charge in [-0.1, -0.05) is 38.0 Å². The van der Waals surface area contributed by atoms with Gasteiger partial charge in [-0.2, -0.15) is 0 Å². The van der Waals surface area contributed by atoms with Crippen molar-refractivity contribution in [3.63, 3.8) is 0 Å². The Hall–Kier alpha value is -1.25. The predicted octanol–water partition coefficient (Wildman–Crippen LogP) is 4.54. The smallest absolute Gasteiger partial charge is 0.312 e. The highest BCUT2D eigenvalue weighted by molar-refractivity contribution is 5.72. The van der Waals surface area contributed by atoms with E-state index in [0.29, 0.717) is 11.8 Å². The zero-order valence-electron chi connectivity index (χ0n) is 15.0. The second-order valence-corrected chi connectivity index (χ2v) is 8.96. The minimum atomic E-state index is -0.380. The van der Waals surface area contributed by atoms with Gasteiger partial charge in [0.05, 0.1) is 0 Å². The Bertz CT molecular complexity index is 554. The van der Waals surface area contributed by atoms with Crippen LogP contribution in [-0.4, -0.2) is 11.6 Å². The molecule has 128 valence electrons. The van der Waals surface area contributed by atoms with Crippen molar-refractivity contribution in [3.8, 4) is 0 Å². The number of primary amides is 1. The van der Waals surface area contributed by atoms with Crippen molar-refractivity contribution in [2.75, 3.05) is 0 Å². The van der Waals surface area contributed by atoms with Gasteiger partial charge in [0.2, 0.25) is 0 Å². The van der Waals surface area contributed by atoms with E-state index in [-0.39, 0.29) is 22.4 Å². The Balaban J connectivity index is 1.93. The van der Waals surface area contributed by atoms with Gasteiger partial charge in [-0.15, -0.1) is 6.58 Å². The van der Waals surface area contributed by atoms with E-state index < -0.39 is 0 Å². The molecule has 5 atom stereocenters. The standard InChI is InChI=1S/C20H32N2O/c1-5-18(2)12-9-15-14(13-18)7-8-16-19(15,3)10-6-11-20(16,4)22-17(21)23/h5,7,15-16H,1,6,8-13H2,2-4H3,(H3,21,22,23)/t15-,16+,18-,19+,20+/m0/s1. The van der Waals surface area contributed by atoms with Crippen molar-refractivity contribution in [1.29, 1.82) is 0 Å². The summed E-state index contributed by atoms with van der Waals surface area (Å²) < 4.78 is 0. The van der Waals surface area contributed by atoms with Gasteiger partial charge in [0.1, 0.15) is 0 Å². The molecule has 3 heteroatoms. The summed E-state index contributed by atoms with van der Waals surface area (Å²) in [7, 11) is 0. The highest BCUT2D eigenvalue weighted by atomic mass is 16.2. The normalized spacial score (nSPS) is 46.1. The van der Waals surface area contributed by atoms with Crippen LogP contribution in [0.5, 0.6) is 0 Å². The second kappa shape index (κ2) is 5.39. The molecule has 0 unspecified atom stereocenters. The van der Waals surface area contributed by atoms with E-state index >= 15 is 0 Å². The predicted molar refractivity (Wildman–Crippen MR) is 94.9 cm³/mol. The molecule has 0 aromatic carbocycles. The molecule has 3 rings (SSSR count). The summed E-state index contributed by atoms with van der Waals surface area (Å²) in [6.07, 6.45) is 12.8. The van der Waals surface area contributed by atoms with Gasteiger partial charge < -0.3 is 11.1 Å². The van der Waals surface area contributed by atoms with E-state index in [9.17, 15) is 4.79 Å². The molecule has 0 heterocycles. The summed E-state index contributed by atoms with van der Waals surface area (Å²) in [5, 5.41) is 3.10. The molecule has 0 aromatic heterocycles. The van der Waals surface area contributed by atoms with Gasteiger partial charge >= 0.3 is 6.03 Å². The lowest BCUT2D eigenvalue weighted by atomic mass is 9.47. The molecule has 2 saturated carbocycles. The van der Waals surface area contributed by atoms with Crippen molar-refractivity contribution in [1.82, 2.24) is 5.32 Å². The first-order valence-electron chi connectivity index (χ1n) is 9.13. The maximum atomic E-state index is 11.5. The molecule has 0 aromatic rings. The van der Waals surface area contributed by atoms with Crippen LogP contribution in [0.2, 0.25) is 0 Å². The molecule has 3 nitrogen and oxygen atoms in total. The summed E-state index contributed by atoms with van der Waals surface area (Å²) in [5.74, 6) is 1.14. The molecule has 3 N–H and O–H groups in total. The molecule has 3 aliphatic carbocycles. The van der Waals surface area contributed by atoms with Crippen LogP contribution in [0.25, 0.3) is 0 Å². The minimum Gasteiger partial charge on any atom is -0.352 e. The zero-order valence-corrected chi connectivity index (χ0v) is 15.0. The molecule has 2 fully saturated rings. The second-order valence-electron chi connectivity index (χ2n) is 8.96. The van der Waals surface area contributed by atoms with Crippen LogP contribution in [0.4, 0.5) is 4.79 Å². The SMILES string of the molecule is C=C[C@@]1(C)CC[C@H]2C(=CC[C@@H]3[C@]2(C)CCC[C@@]3(C)NC(N)=O)C1. The van der Waals surface area contributed by atoms with Crippen LogP contribution >= 0.6 is 0 Å². The zero-order chi connectivity index (χ0) is 16.9. The van der Waals surface area contributed by atoms with Crippen molar-refractivity contribution < 1.29 is 4.79 Å². The van der Waals surface area contributed by atoms with Crippen molar-refractivity contribution in [2.45, 2.75) is 71.3 Å². The summed E-state index contributed by atoms with van der Waals surface area (Å²) in [6, 6.07) is -0.380. The first-order chi connectivity index (χ1) is 10.7. The van der Waals surface area contributed by atoms with E-state index in [4.69, 9.17) is 5.73 Å². The molecule has 0 spiro atoms. The maximum absolute atomic E-state index is 11.5. The Labute approximate surface area is 140 Å². The van der Waals surface area contributed by atoms with E-state index in [1.165, 1.54) is 25.7 Å². The van der Waals surface area contributed by atoms with Crippen LogP contribution in [0.1, 0.15) is 65.7 Å². The van der Waals surface area contributed by atoms with Crippen LogP contribution in [0.15, 0.2) is 24.3 Å². The molecule has 2 amide bonds. The lowest BCUT2D eigenvalue weighted by Gasteiger charge is -2.59. The summed E-state index contributed by atoms with van der Waals surface area (Å²) in [5.41, 5.74) is 7.49. The average Bonchev–Trinajstić information content (AvgIpc) is 2.45. The average molecular weight is 316 g/mol. The molecule has 0 bridgehead atoms. The van der Waals surface area contributed by atoms with Crippen LogP contribution in [0.3, 0.4) is 0 Å². The number of fused-ring (bicyclic) bond motifs is 3. The summed E-state index contributed by atoms with van der Waals surface area (Å²) in [4.78, 5) is 11.5. The number of urea groups is 1. The number of allylic oxidation sites excluding steroid dienone is 3. The fraction of sp³-hybridized carbons (Fsp3) is 0.750. The Kier molecular flexibility index (Phi) is 3.89. The molecular weight excluding hydrogens is 284 g/mol. The summed E-state index contributed by atoms with van der Waals surface area (Å²) in [6.45, 7) is 11.1. The third kappa shape index (κ3) is 2.62. The third-order valence-electron chi connectivity index (χ3n) is 7.35. The molecular formula is C20H32N2O. The van der Waals surface area contributed by atoms with E-state index in [1.54, 1.807) is 5.57 Å². The number of carbonyl (C=O) groups excluding carboxylic acids is 1. The third-order valence-corrected chi connectivity index (χ3v) is 7.35. The molecule has 0 aliphatic heterocycles. The lowest BCUT2D eigenvalue weighted by molar-refractivity contribution is -0.0270. The van der Waals surface area contributed by atoms with E-state index in [0.717, 1.165) is 19.3 Å². The number of hydrogen-bond donors (Lipinski definition) is 2. The van der Waals surface area contributed by atoms with Gasteiger partial charge in [0.15, 0.2) is 0 Å². The van der Waals surface area contributed by atoms with Crippen LogP contribution < -0.4 is 11.1 Å². The van der Waals surface area contributed by atoms with Crippen molar-refractivity contribution >= 4 is 6.03 Å².